The van der Waals surface area contributed by atoms with Gasteiger partial charge in [0.05, 0.1) is 10.9 Å². The molecule has 1 N–H and O–H groups in total. The van der Waals surface area contributed by atoms with Crippen LogP contribution in [0.4, 0.5) is 0 Å². The van der Waals surface area contributed by atoms with E-state index in [4.69, 9.17) is 9.15 Å². The van der Waals surface area contributed by atoms with Gasteiger partial charge in [0, 0.05) is 12.1 Å². The fraction of sp³-hybridized carbons (Fsp3) is 0.214. The lowest BCUT2D eigenvalue weighted by Crippen LogP contribution is -2.27. The molecule has 2 heterocycles. The van der Waals surface area contributed by atoms with Gasteiger partial charge in [-0.15, -0.1) is 0 Å². The molecule has 0 atom stereocenters. The van der Waals surface area contributed by atoms with Gasteiger partial charge in [0.15, 0.2) is 0 Å². The zero-order chi connectivity index (χ0) is 12.9. The first-order valence-corrected chi connectivity index (χ1v) is 5.64. The van der Waals surface area contributed by atoms with E-state index in [1.165, 1.54) is 6.07 Å². The van der Waals surface area contributed by atoms with Crippen LogP contribution in [0.5, 0.6) is 11.5 Å². The van der Waals surface area contributed by atoms with Gasteiger partial charge in [-0.2, -0.15) is 0 Å². The second kappa shape index (κ2) is 3.38. The lowest BCUT2D eigenvalue weighted by molar-refractivity contribution is 0.158. The van der Waals surface area contributed by atoms with Crippen LogP contribution in [0.1, 0.15) is 19.4 Å². The predicted octanol–water partition coefficient (Wildman–Crippen LogP) is 2.68. The molecule has 0 aliphatic carbocycles. The van der Waals surface area contributed by atoms with Gasteiger partial charge in [0.1, 0.15) is 22.7 Å². The minimum atomic E-state index is -0.451. The highest BCUT2D eigenvalue weighted by atomic mass is 16.5. The van der Waals surface area contributed by atoms with Crippen LogP contribution >= 0.6 is 0 Å². The SMILES string of the molecule is CC1(C)C=Cc2c(cc3oc(=O)ccc3c2O)O1. The van der Waals surface area contributed by atoms with Crippen LogP contribution in [0, 0.1) is 0 Å². The minimum absolute atomic E-state index is 0.0676. The molecule has 0 radical (unpaired) electrons. The van der Waals surface area contributed by atoms with Gasteiger partial charge in [-0.05, 0) is 32.1 Å². The Bertz CT molecular complexity index is 722. The normalized spacial score (nSPS) is 16.3. The highest BCUT2D eigenvalue weighted by Crippen LogP contribution is 2.40. The Hall–Kier alpha value is -2.23. The van der Waals surface area contributed by atoms with Crippen LogP contribution < -0.4 is 10.4 Å². The van der Waals surface area contributed by atoms with Crippen molar-refractivity contribution in [1.82, 2.24) is 0 Å². The molecular formula is C14H12O4. The fourth-order valence-electron chi connectivity index (χ4n) is 2.04. The summed E-state index contributed by atoms with van der Waals surface area (Å²) >= 11 is 0. The average Bonchev–Trinajstić information content (AvgIpc) is 2.27. The Morgan fingerprint density at radius 2 is 2.06 bits per heavy atom. The molecule has 4 heteroatoms. The lowest BCUT2D eigenvalue weighted by atomic mass is 10.00. The molecule has 1 aromatic heterocycles. The van der Waals surface area contributed by atoms with Crippen LogP contribution in [-0.2, 0) is 0 Å². The number of benzene rings is 1. The van der Waals surface area contributed by atoms with Crippen molar-refractivity contribution in [2.24, 2.45) is 0 Å². The van der Waals surface area contributed by atoms with Crippen molar-refractivity contribution in [2.45, 2.75) is 19.4 Å². The largest absolute Gasteiger partial charge is 0.506 e. The van der Waals surface area contributed by atoms with E-state index in [0.717, 1.165) is 0 Å². The molecule has 0 saturated carbocycles. The molecule has 3 rings (SSSR count). The van der Waals surface area contributed by atoms with Crippen LogP contribution in [-0.4, -0.2) is 10.7 Å². The standard InChI is InChI=1S/C14H12O4/c1-14(2)6-5-9-11(18-14)7-10-8(13(9)16)3-4-12(15)17-10/h3-7,16H,1-2H3. The van der Waals surface area contributed by atoms with Gasteiger partial charge >= 0.3 is 5.63 Å². The van der Waals surface area contributed by atoms with Gasteiger partial charge < -0.3 is 14.3 Å². The van der Waals surface area contributed by atoms with Gasteiger partial charge in [-0.25, -0.2) is 4.79 Å². The zero-order valence-corrected chi connectivity index (χ0v) is 10.1. The Labute approximate surface area is 103 Å². The third-order valence-corrected chi connectivity index (χ3v) is 2.92. The van der Waals surface area contributed by atoms with Crippen LogP contribution in [0.25, 0.3) is 17.0 Å². The maximum atomic E-state index is 11.2. The summed E-state index contributed by atoms with van der Waals surface area (Å²) in [7, 11) is 0. The zero-order valence-electron chi connectivity index (χ0n) is 10.1. The third-order valence-electron chi connectivity index (χ3n) is 2.92. The second-order valence-corrected chi connectivity index (χ2v) is 4.84. The molecule has 2 aromatic rings. The van der Waals surface area contributed by atoms with Crippen molar-refractivity contribution in [3.8, 4) is 11.5 Å². The van der Waals surface area contributed by atoms with Crippen molar-refractivity contribution < 1.29 is 14.3 Å². The second-order valence-electron chi connectivity index (χ2n) is 4.84. The first-order chi connectivity index (χ1) is 8.46. The Kier molecular flexibility index (Phi) is 2.05. The summed E-state index contributed by atoms with van der Waals surface area (Å²) in [4.78, 5) is 11.2. The Morgan fingerprint density at radius 3 is 2.83 bits per heavy atom. The summed E-state index contributed by atoms with van der Waals surface area (Å²) < 4.78 is 10.8. The predicted molar refractivity (Wildman–Crippen MR) is 67.9 cm³/mol. The van der Waals surface area contributed by atoms with E-state index in [-0.39, 0.29) is 5.75 Å². The third kappa shape index (κ3) is 1.57. The van der Waals surface area contributed by atoms with Crippen molar-refractivity contribution in [2.75, 3.05) is 0 Å². The smallest absolute Gasteiger partial charge is 0.336 e. The first kappa shape index (κ1) is 10.9. The number of hydrogen-bond donors (Lipinski definition) is 1. The average molecular weight is 244 g/mol. The lowest BCUT2D eigenvalue weighted by Gasteiger charge is -2.28. The highest BCUT2D eigenvalue weighted by Gasteiger charge is 2.25. The molecule has 1 aliphatic rings. The van der Waals surface area contributed by atoms with Gasteiger partial charge in [-0.3, -0.25) is 0 Å². The van der Waals surface area contributed by atoms with E-state index in [9.17, 15) is 9.90 Å². The van der Waals surface area contributed by atoms with E-state index in [2.05, 4.69) is 0 Å². The number of ether oxygens (including phenoxy) is 1. The quantitative estimate of drug-likeness (QED) is 0.724. The molecule has 92 valence electrons. The number of aromatic hydroxyl groups is 1. The Morgan fingerprint density at radius 1 is 1.28 bits per heavy atom. The Balaban J connectivity index is 2.35. The molecule has 0 amide bonds. The van der Waals surface area contributed by atoms with E-state index in [1.54, 1.807) is 12.1 Å². The monoisotopic (exact) mass is 244 g/mol. The van der Waals surface area contributed by atoms with Gasteiger partial charge in [0.2, 0.25) is 0 Å². The summed E-state index contributed by atoms with van der Waals surface area (Å²) in [5, 5.41) is 10.7. The number of fused-ring (bicyclic) bond motifs is 2. The summed E-state index contributed by atoms with van der Waals surface area (Å²) in [6, 6.07) is 4.47. The van der Waals surface area contributed by atoms with Gasteiger partial charge in [-0.1, -0.05) is 0 Å². The molecule has 18 heavy (non-hydrogen) atoms. The van der Waals surface area contributed by atoms with Crippen LogP contribution in [0.15, 0.2) is 33.5 Å². The summed E-state index contributed by atoms with van der Waals surface area (Å²) in [5.74, 6) is 0.583. The molecule has 1 aromatic carbocycles. The van der Waals surface area contributed by atoms with Crippen molar-refractivity contribution in [1.29, 1.82) is 0 Å². The number of rotatable bonds is 0. The summed E-state index contributed by atoms with van der Waals surface area (Å²) in [5.41, 5.74) is 0.0373. The molecule has 4 nitrogen and oxygen atoms in total. The van der Waals surface area contributed by atoms with Gasteiger partial charge in [0.25, 0.3) is 0 Å². The van der Waals surface area contributed by atoms with Crippen molar-refractivity contribution >= 4 is 17.0 Å². The maximum absolute atomic E-state index is 11.2. The minimum Gasteiger partial charge on any atom is -0.506 e. The number of phenols is 1. The highest BCUT2D eigenvalue weighted by molar-refractivity contribution is 5.90. The molecule has 0 fully saturated rings. The molecule has 0 spiro atoms. The molecular weight excluding hydrogens is 232 g/mol. The van der Waals surface area contributed by atoms with Crippen molar-refractivity contribution in [3.05, 3.63) is 40.3 Å². The van der Waals surface area contributed by atoms with Crippen LogP contribution in [0.3, 0.4) is 0 Å². The van der Waals surface area contributed by atoms with E-state index in [0.29, 0.717) is 22.3 Å². The van der Waals surface area contributed by atoms with E-state index < -0.39 is 11.2 Å². The van der Waals surface area contributed by atoms with E-state index >= 15 is 0 Å². The number of hydrogen-bond acceptors (Lipinski definition) is 4. The molecule has 0 saturated heterocycles. The van der Waals surface area contributed by atoms with Crippen LogP contribution in [0.2, 0.25) is 0 Å². The first-order valence-electron chi connectivity index (χ1n) is 5.64. The fourth-order valence-corrected chi connectivity index (χ4v) is 2.04. The molecule has 1 aliphatic heterocycles. The number of phenolic OH excluding ortho intramolecular Hbond substituents is 1. The maximum Gasteiger partial charge on any atom is 0.336 e. The molecule has 0 bridgehead atoms. The molecule has 0 unspecified atom stereocenters. The summed E-state index contributed by atoms with van der Waals surface area (Å²) in [6.07, 6.45) is 3.69. The topological polar surface area (TPSA) is 59.7 Å². The summed E-state index contributed by atoms with van der Waals surface area (Å²) in [6.45, 7) is 3.82. The van der Waals surface area contributed by atoms with Crippen molar-refractivity contribution in [3.63, 3.8) is 0 Å². The van der Waals surface area contributed by atoms with E-state index in [1.807, 2.05) is 26.0 Å².